The van der Waals surface area contributed by atoms with Crippen LogP contribution in [-0.2, 0) is 20.0 Å². The molecule has 0 unspecified atom stereocenters. The van der Waals surface area contributed by atoms with E-state index in [1.807, 2.05) is 0 Å². The molecule has 2 rings (SSSR count). The van der Waals surface area contributed by atoms with E-state index in [0.29, 0.717) is 5.02 Å². The maximum Gasteiger partial charge on any atom is 0.262 e. The van der Waals surface area contributed by atoms with Gasteiger partial charge in [0.1, 0.15) is 5.75 Å². The average molecular weight is 377 g/mol. The molecule has 0 saturated carbocycles. The van der Waals surface area contributed by atoms with Gasteiger partial charge in [0, 0.05) is 5.02 Å². The van der Waals surface area contributed by atoms with E-state index in [4.69, 9.17) is 21.5 Å². The Hall–Kier alpha value is -1.81. The lowest BCUT2D eigenvalue weighted by atomic mass is 10.3. The van der Waals surface area contributed by atoms with Gasteiger partial charge in [0.25, 0.3) is 10.0 Å². The van der Waals surface area contributed by atoms with Crippen molar-refractivity contribution >= 4 is 37.3 Å². The van der Waals surface area contributed by atoms with Crippen molar-refractivity contribution in [1.82, 2.24) is 0 Å². The minimum Gasteiger partial charge on any atom is -0.495 e. The average Bonchev–Trinajstić information content (AvgIpc) is 2.46. The summed E-state index contributed by atoms with van der Waals surface area (Å²) in [4.78, 5) is -0.565. The number of hydrogen-bond acceptors (Lipinski definition) is 5. The van der Waals surface area contributed by atoms with Crippen LogP contribution in [0.25, 0.3) is 0 Å². The van der Waals surface area contributed by atoms with Gasteiger partial charge in [-0.1, -0.05) is 17.7 Å². The van der Waals surface area contributed by atoms with Gasteiger partial charge in [0.05, 0.1) is 22.6 Å². The molecule has 0 saturated heterocycles. The second-order valence-corrected chi connectivity index (χ2v) is 8.15. The third kappa shape index (κ3) is 4.14. The molecule has 0 heterocycles. The van der Waals surface area contributed by atoms with Crippen LogP contribution in [0.1, 0.15) is 0 Å². The molecule has 0 aromatic heterocycles. The second kappa shape index (κ2) is 6.36. The molecule has 0 aliphatic rings. The van der Waals surface area contributed by atoms with Gasteiger partial charge < -0.3 is 4.74 Å². The lowest BCUT2D eigenvalue weighted by Crippen LogP contribution is -2.16. The number of rotatable bonds is 5. The molecule has 7 nitrogen and oxygen atoms in total. The molecule has 2 aromatic rings. The number of nitrogens with two attached hydrogens (primary N) is 1. The summed E-state index contributed by atoms with van der Waals surface area (Å²) in [5, 5.41) is 5.31. The summed E-state index contributed by atoms with van der Waals surface area (Å²) in [6.45, 7) is 0. The van der Waals surface area contributed by atoms with Crippen molar-refractivity contribution in [3.8, 4) is 5.75 Å². The first-order chi connectivity index (χ1) is 10.6. The van der Waals surface area contributed by atoms with Crippen LogP contribution in [0.3, 0.4) is 0 Å². The van der Waals surface area contributed by atoms with Gasteiger partial charge in [-0.25, -0.2) is 22.0 Å². The predicted molar refractivity (Wildman–Crippen MR) is 86.6 cm³/mol. The standard InChI is InChI=1S/C13H13ClN2O5S2/c1-21-13-6-5-9(14)7-12(13)16-23(19,20)11-4-2-3-10(8-11)22(15,17)18/h2-8,16H,1H3,(H2,15,17,18). The summed E-state index contributed by atoms with van der Waals surface area (Å²) >= 11 is 5.85. The monoisotopic (exact) mass is 376 g/mol. The number of halogens is 1. The summed E-state index contributed by atoms with van der Waals surface area (Å²) in [6, 6.07) is 9.11. The molecule has 124 valence electrons. The van der Waals surface area contributed by atoms with E-state index in [0.717, 1.165) is 6.07 Å². The van der Waals surface area contributed by atoms with E-state index >= 15 is 0 Å². The van der Waals surface area contributed by atoms with E-state index in [-0.39, 0.29) is 21.2 Å². The van der Waals surface area contributed by atoms with Crippen molar-refractivity contribution in [3.63, 3.8) is 0 Å². The number of ether oxygens (including phenoxy) is 1. The SMILES string of the molecule is COc1ccc(Cl)cc1NS(=O)(=O)c1cccc(S(N)(=O)=O)c1. The van der Waals surface area contributed by atoms with Crippen LogP contribution in [0.5, 0.6) is 5.75 Å². The molecule has 0 aliphatic heterocycles. The maximum absolute atomic E-state index is 12.4. The minimum absolute atomic E-state index is 0.126. The Morgan fingerprint density at radius 3 is 2.30 bits per heavy atom. The van der Waals surface area contributed by atoms with Gasteiger partial charge in [-0.3, -0.25) is 4.72 Å². The van der Waals surface area contributed by atoms with Crippen molar-refractivity contribution in [2.24, 2.45) is 5.14 Å². The molecular formula is C13H13ClN2O5S2. The van der Waals surface area contributed by atoms with E-state index in [9.17, 15) is 16.8 Å². The Balaban J connectivity index is 2.46. The molecule has 0 amide bonds. The van der Waals surface area contributed by atoms with Crippen LogP contribution in [0.2, 0.25) is 5.02 Å². The van der Waals surface area contributed by atoms with E-state index in [2.05, 4.69) is 4.72 Å². The Morgan fingerprint density at radius 2 is 1.70 bits per heavy atom. The van der Waals surface area contributed by atoms with Crippen molar-refractivity contribution in [2.45, 2.75) is 9.79 Å². The zero-order chi connectivity index (χ0) is 17.3. The summed E-state index contributed by atoms with van der Waals surface area (Å²) in [5.74, 6) is 0.264. The van der Waals surface area contributed by atoms with E-state index in [1.54, 1.807) is 6.07 Å². The number of nitrogens with one attached hydrogen (secondary N) is 1. The Labute approximate surface area is 139 Å². The van der Waals surface area contributed by atoms with Crippen molar-refractivity contribution in [2.75, 3.05) is 11.8 Å². The normalized spacial score (nSPS) is 12.0. The summed E-state index contributed by atoms with van der Waals surface area (Å²) < 4.78 is 54.9. The largest absolute Gasteiger partial charge is 0.495 e. The van der Waals surface area contributed by atoms with Crippen molar-refractivity contribution in [1.29, 1.82) is 0 Å². The predicted octanol–water partition coefficient (Wildman–Crippen LogP) is 1.80. The lowest BCUT2D eigenvalue weighted by molar-refractivity contribution is 0.417. The third-order valence-corrected chi connectivity index (χ3v) is 5.36. The van der Waals surface area contributed by atoms with E-state index in [1.165, 1.54) is 37.4 Å². The third-order valence-electron chi connectivity index (χ3n) is 2.85. The summed E-state index contributed by atoms with van der Waals surface area (Å²) in [5.41, 5.74) is 0.126. The first-order valence-corrected chi connectivity index (χ1v) is 9.53. The molecule has 0 aliphatic carbocycles. The fraction of sp³-hybridized carbons (Fsp3) is 0.0769. The fourth-order valence-corrected chi connectivity index (χ4v) is 3.69. The van der Waals surface area contributed by atoms with Crippen LogP contribution < -0.4 is 14.6 Å². The molecular weight excluding hydrogens is 364 g/mol. The zero-order valence-corrected chi connectivity index (χ0v) is 14.2. The quantitative estimate of drug-likeness (QED) is 0.825. The number of methoxy groups -OCH3 is 1. The van der Waals surface area contributed by atoms with Crippen molar-refractivity contribution < 1.29 is 21.6 Å². The molecule has 3 N–H and O–H groups in total. The number of benzene rings is 2. The topological polar surface area (TPSA) is 116 Å². The van der Waals surface area contributed by atoms with Crippen LogP contribution in [0.15, 0.2) is 52.3 Å². The van der Waals surface area contributed by atoms with Gasteiger partial charge in [-0.2, -0.15) is 0 Å². The van der Waals surface area contributed by atoms with Gasteiger partial charge in [0.2, 0.25) is 10.0 Å². The van der Waals surface area contributed by atoms with Crippen LogP contribution in [0.4, 0.5) is 5.69 Å². The highest BCUT2D eigenvalue weighted by molar-refractivity contribution is 7.93. The van der Waals surface area contributed by atoms with Crippen LogP contribution >= 0.6 is 11.6 Å². The van der Waals surface area contributed by atoms with Crippen LogP contribution in [0, 0.1) is 0 Å². The highest BCUT2D eigenvalue weighted by atomic mass is 35.5. The maximum atomic E-state index is 12.4. The molecule has 0 radical (unpaired) electrons. The smallest absolute Gasteiger partial charge is 0.262 e. The number of primary sulfonamides is 1. The van der Waals surface area contributed by atoms with Gasteiger partial charge in [-0.05, 0) is 36.4 Å². The molecule has 2 aromatic carbocycles. The lowest BCUT2D eigenvalue weighted by Gasteiger charge is -2.12. The van der Waals surface area contributed by atoms with Gasteiger partial charge >= 0.3 is 0 Å². The minimum atomic E-state index is -4.05. The molecule has 0 bridgehead atoms. The summed E-state index contributed by atoms with van der Waals surface area (Å²) in [7, 11) is -6.69. The second-order valence-electron chi connectivity index (χ2n) is 4.47. The fourth-order valence-electron chi connectivity index (χ4n) is 1.78. The molecule has 0 atom stereocenters. The molecule has 0 fully saturated rings. The Bertz CT molecular complexity index is 943. The zero-order valence-electron chi connectivity index (χ0n) is 11.9. The highest BCUT2D eigenvalue weighted by Crippen LogP contribution is 2.30. The van der Waals surface area contributed by atoms with Gasteiger partial charge in [-0.15, -0.1) is 0 Å². The number of anilines is 1. The Kier molecular flexibility index (Phi) is 4.85. The summed E-state index contributed by atoms with van der Waals surface area (Å²) in [6.07, 6.45) is 0. The highest BCUT2D eigenvalue weighted by Gasteiger charge is 2.19. The Morgan fingerprint density at radius 1 is 1.04 bits per heavy atom. The first kappa shape index (κ1) is 17.5. The molecule has 10 heteroatoms. The number of sulfonamides is 2. The van der Waals surface area contributed by atoms with Crippen LogP contribution in [-0.4, -0.2) is 23.9 Å². The molecule has 23 heavy (non-hydrogen) atoms. The van der Waals surface area contributed by atoms with Crippen molar-refractivity contribution in [3.05, 3.63) is 47.5 Å². The number of hydrogen-bond donors (Lipinski definition) is 2. The first-order valence-electron chi connectivity index (χ1n) is 6.13. The van der Waals surface area contributed by atoms with E-state index < -0.39 is 20.0 Å². The van der Waals surface area contributed by atoms with Gasteiger partial charge in [0.15, 0.2) is 0 Å². The molecule has 0 spiro atoms.